The molecule has 6 nitrogen and oxygen atoms in total. The predicted molar refractivity (Wildman–Crippen MR) is 88.6 cm³/mol. The minimum absolute atomic E-state index is 0.111. The van der Waals surface area contributed by atoms with E-state index in [2.05, 4.69) is 5.10 Å². The van der Waals surface area contributed by atoms with Crippen molar-refractivity contribution in [1.82, 2.24) is 15.1 Å². The molecule has 1 aromatic heterocycles. The Morgan fingerprint density at radius 1 is 1.22 bits per heavy atom. The Morgan fingerprint density at radius 2 is 1.96 bits per heavy atom. The van der Waals surface area contributed by atoms with Crippen molar-refractivity contribution < 1.29 is 22.4 Å². The number of carbonyl (C=O) groups is 1. The molecule has 2 heterocycles. The van der Waals surface area contributed by atoms with Gasteiger partial charge in [-0.15, -0.1) is 0 Å². The van der Waals surface area contributed by atoms with Crippen molar-refractivity contribution in [3.05, 3.63) is 57.3 Å². The third-order valence-corrected chi connectivity index (χ3v) is 4.44. The molecule has 0 radical (unpaired) electrons. The molecule has 1 aliphatic rings. The molecule has 0 saturated carbocycles. The Morgan fingerprint density at radius 3 is 2.59 bits per heavy atom. The molecule has 0 bridgehead atoms. The number of halogens is 4. The SMILES string of the molecule is Cc1cc(F)ccc1CN1CCN(c2cn[nH]c(=O)c2C(F)(F)F)CC1=O. The average molecular weight is 384 g/mol. The van der Waals surface area contributed by atoms with Gasteiger partial charge in [0.05, 0.1) is 18.4 Å². The van der Waals surface area contributed by atoms with Gasteiger partial charge in [0, 0.05) is 19.6 Å². The van der Waals surface area contributed by atoms with Gasteiger partial charge in [-0.05, 0) is 30.2 Å². The Bertz CT molecular complexity index is 926. The van der Waals surface area contributed by atoms with Crippen molar-refractivity contribution in [3.63, 3.8) is 0 Å². The number of anilines is 1. The maximum absolute atomic E-state index is 13.2. The first kappa shape index (κ1) is 18.9. The van der Waals surface area contributed by atoms with Gasteiger partial charge < -0.3 is 9.80 Å². The average Bonchev–Trinajstić information content (AvgIpc) is 2.57. The van der Waals surface area contributed by atoms with Crippen molar-refractivity contribution in [3.8, 4) is 0 Å². The summed E-state index contributed by atoms with van der Waals surface area (Å²) in [5.41, 5.74) is -1.70. The molecule has 0 unspecified atom stereocenters. The van der Waals surface area contributed by atoms with E-state index in [0.29, 0.717) is 5.56 Å². The Kier molecular flexibility index (Phi) is 4.90. The van der Waals surface area contributed by atoms with Crippen LogP contribution >= 0.6 is 0 Å². The monoisotopic (exact) mass is 384 g/mol. The molecular formula is C17H16F4N4O2. The summed E-state index contributed by atoms with van der Waals surface area (Å²) in [5, 5.41) is 5.20. The fourth-order valence-electron chi connectivity index (χ4n) is 3.03. The van der Waals surface area contributed by atoms with Crippen LogP contribution in [0.2, 0.25) is 0 Å². The lowest BCUT2D eigenvalue weighted by Crippen LogP contribution is -2.51. The molecule has 0 aliphatic carbocycles. The van der Waals surface area contributed by atoms with Crippen LogP contribution in [-0.2, 0) is 17.5 Å². The highest BCUT2D eigenvalue weighted by atomic mass is 19.4. The summed E-state index contributed by atoms with van der Waals surface area (Å²) < 4.78 is 52.8. The molecule has 27 heavy (non-hydrogen) atoms. The summed E-state index contributed by atoms with van der Waals surface area (Å²) in [7, 11) is 0. The minimum atomic E-state index is -4.86. The third kappa shape index (κ3) is 3.93. The molecule has 1 N–H and O–H groups in total. The van der Waals surface area contributed by atoms with E-state index in [1.807, 2.05) is 0 Å². The molecule has 0 spiro atoms. The number of hydrogen-bond acceptors (Lipinski definition) is 4. The van der Waals surface area contributed by atoms with E-state index in [1.165, 1.54) is 21.9 Å². The summed E-state index contributed by atoms with van der Waals surface area (Å²) in [6.45, 7) is 1.92. The minimum Gasteiger partial charge on any atom is -0.358 e. The van der Waals surface area contributed by atoms with Crippen molar-refractivity contribution in [2.24, 2.45) is 0 Å². The van der Waals surface area contributed by atoms with Gasteiger partial charge in [-0.25, -0.2) is 9.49 Å². The second kappa shape index (κ2) is 7.01. The fraction of sp³-hybridized carbons (Fsp3) is 0.353. The number of carbonyl (C=O) groups excluding carboxylic acids is 1. The van der Waals surface area contributed by atoms with E-state index in [4.69, 9.17) is 0 Å². The number of hydrogen-bond donors (Lipinski definition) is 1. The molecular weight excluding hydrogens is 368 g/mol. The van der Waals surface area contributed by atoms with Crippen LogP contribution in [-0.4, -0.2) is 40.6 Å². The first-order valence-electron chi connectivity index (χ1n) is 8.09. The van der Waals surface area contributed by atoms with Crippen LogP contribution in [0.15, 0.2) is 29.2 Å². The number of benzene rings is 1. The number of aryl methyl sites for hydroxylation is 1. The van der Waals surface area contributed by atoms with Crippen LogP contribution in [0.25, 0.3) is 0 Å². The molecule has 10 heteroatoms. The smallest absolute Gasteiger partial charge is 0.358 e. The number of rotatable bonds is 3. The van der Waals surface area contributed by atoms with Gasteiger partial charge in [-0.2, -0.15) is 18.3 Å². The lowest BCUT2D eigenvalue weighted by atomic mass is 10.1. The third-order valence-electron chi connectivity index (χ3n) is 4.44. The standard InChI is InChI=1S/C17H16F4N4O2/c1-10-6-12(18)3-2-11(10)8-25-5-4-24(9-14(25)26)13-7-22-23-16(27)15(13)17(19,20)21/h2-3,6-7H,4-5,8-9H2,1H3,(H,23,27). The summed E-state index contributed by atoms with van der Waals surface area (Å²) in [5.74, 6) is -0.771. The number of nitrogens with zero attached hydrogens (tertiary/aromatic N) is 3. The van der Waals surface area contributed by atoms with Gasteiger partial charge in [0.2, 0.25) is 5.91 Å². The van der Waals surface area contributed by atoms with Crippen molar-refractivity contribution in [2.75, 3.05) is 24.5 Å². The first-order chi connectivity index (χ1) is 12.7. The van der Waals surface area contributed by atoms with E-state index in [-0.39, 0.29) is 32.0 Å². The van der Waals surface area contributed by atoms with Crippen molar-refractivity contribution >= 4 is 11.6 Å². The van der Waals surface area contributed by atoms with Gasteiger partial charge in [-0.3, -0.25) is 9.59 Å². The molecule has 1 saturated heterocycles. The topological polar surface area (TPSA) is 69.3 Å². The van der Waals surface area contributed by atoms with Gasteiger partial charge >= 0.3 is 6.18 Å². The molecule has 0 atom stereocenters. The molecule has 3 rings (SSSR count). The molecule has 1 amide bonds. The molecule has 2 aromatic rings. The van der Waals surface area contributed by atoms with Crippen LogP contribution < -0.4 is 10.5 Å². The number of nitrogens with one attached hydrogen (secondary N) is 1. The van der Waals surface area contributed by atoms with Gasteiger partial charge in [-0.1, -0.05) is 6.07 Å². The van der Waals surface area contributed by atoms with E-state index in [9.17, 15) is 27.2 Å². The van der Waals surface area contributed by atoms with Crippen molar-refractivity contribution in [2.45, 2.75) is 19.6 Å². The predicted octanol–water partition coefficient (Wildman–Crippen LogP) is 2.09. The molecule has 144 valence electrons. The van der Waals surface area contributed by atoms with E-state index in [0.717, 1.165) is 11.8 Å². The Labute approximate surface area is 151 Å². The molecule has 1 aliphatic heterocycles. The van der Waals surface area contributed by atoms with Crippen LogP contribution in [0.1, 0.15) is 16.7 Å². The van der Waals surface area contributed by atoms with E-state index in [1.54, 1.807) is 18.1 Å². The van der Waals surface area contributed by atoms with Gasteiger partial charge in [0.25, 0.3) is 5.56 Å². The maximum Gasteiger partial charge on any atom is 0.423 e. The number of aromatic nitrogens is 2. The van der Waals surface area contributed by atoms with E-state index >= 15 is 0 Å². The first-order valence-corrected chi connectivity index (χ1v) is 8.09. The highest BCUT2D eigenvalue weighted by Crippen LogP contribution is 2.33. The molecule has 1 fully saturated rings. The zero-order valence-corrected chi connectivity index (χ0v) is 14.3. The maximum atomic E-state index is 13.2. The second-order valence-electron chi connectivity index (χ2n) is 6.26. The van der Waals surface area contributed by atoms with Crippen LogP contribution in [0.3, 0.4) is 0 Å². The zero-order chi connectivity index (χ0) is 19.8. The summed E-state index contributed by atoms with van der Waals surface area (Å²) in [6, 6.07) is 4.22. The van der Waals surface area contributed by atoms with Gasteiger partial charge in [0.15, 0.2) is 0 Å². The lowest BCUT2D eigenvalue weighted by molar-refractivity contribution is -0.139. The van der Waals surface area contributed by atoms with Crippen LogP contribution in [0, 0.1) is 12.7 Å². The Hall–Kier alpha value is -2.91. The quantitative estimate of drug-likeness (QED) is 0.823. The largest absolute Gasteiger partial charge is 0.423 e. The number of amides is 1. The van der Waals surface area contributed by atoms with Crippen LogP contribution in [0.5, 0.6) is 0 Å². The summed E-state index contributed by atoms with van der Waals surface area (Å²) >= 11 is 0. The fourth-order valence-corrected chi connectivity index (χ4v) is 3.03. The second-order valence-corrected chi connectivity index (χ2v) is 6.26. The van der Waals surface area contributed by atoms with Crippen molar-refractivity contribution in [1.29, 1.82) is 0 Å². The van der Waals surface area contributed by atoms with Crippen LogP contribution in [0.4, 0.5) is 23.2 Å². The number of H-pyrrole nitrogens is 1. The number of piperazine rings is 1. The zero-order valence-electron chi connectivity index (χ0n) is 14.3. The normalized spacial score (nSPS) is 15.4. The Balaban J connectivity index is 1.79. The lowest BCUT2D eigenvalue weighted by Gasteiger charge is -2.36. The van der Waals surface area contributed by atoms with Gasteiger partial charge in [0.1, 0.15) is 11.4 Å². The number of alkyl halides is 3. The summed E-state index contributed by atoms with van der Waals surface area (Å²) in [6.07, 6.45) is -3.96. The summed E-state index contributed by atoms with van der Waals surface area (Å²) in [4.78, 5) is 26.7. The highest BCUT2D eigenvalue weighted by Gasteiger charge is 2.39. The molecule has 1 aromatic carbocycles. The van der Waals surface area contributed by atoms with E-state index < -0.39 is 28.9 Å². The number of aromatic amines is 1. The highest BCUT2D eigenvalue weighted by molar-refractivity contribution is 5.83.